The molecule has 0 aromatic heterocycles. The third kappa shape index (κ3) is 3.28. The van der Waals surface area contributed by atoms with Crippen LogP contribution in [0.2, 0.25) is 0 Å². The zero-order chi connectivity index (χ0) is 11.3. The Morgan fingerprint density at radius 1 is 1.33 bits per heavy atom. The molecule has 0 aliphatic rings. The smallest absolute Gasteiger partial charge is 0.0991 e. The van der Waals surface area contributed by atoms with E-state index < -0.39 is 0 Å². The maximum atomic E-state index is 8.69. The summed E-state index contributed by atoms with van der Waals surface area (Å²) in [5.41, 5.74) is 1.89. The lowest BCUT2D eigenvalue weighted by Gasteiger charge is -2.22. The summed E-state index contributed by atoms with van der Waals surface area (Å²) in [4.78, 5) is 2.23. The van der Waals surface area contributed by atoms with Gasteiger partial charge in [0.25, 0.3) is 0 Å². The topological polar surface area (TPSA) is 27.0 Å². The first-order valence-corrected chi connectivity index (χ1v) is 5.38. The molecule has 0 bridgehead atoms. The number of hydrogen-bond acceptors (Lipinski definition) is 2. The lowest BCUT2D eigenvalue weighted by molar-refractivity contribution is 0.560. The molecule has 0 radical (unpaired) electrons. The van der Waals surface area contributed by atoms with Crippen LogP contribution in [0, 0.1) is 17.2 Å². The van der Waals surface area contributed by atoms with Crippen LogP contribution in [-0.4, -0.2) is 13.6 Å². The van der Waals surface area contributed by atoms with Crippen molar-refractivity contribution < 1.29 is 0 Å². The van der Waals surface area contributed by atoms with Crippen molar-refractivity contribution in [1.82, 2.24) is 0 Å². The second-order valence-electron chi connectivity index (χ2n) is 4.05. The van der Waals surface area contributed by atoms with E-state index in [1.54, 1.807) is 0 Å². The molecule has 0 heterocycles. The van der Waals surface area contributed by atoms with E-state index in [0.29, 0.717) is 5.92 Å². The summed E-state index contributed by atoms with van der Waals surface area (Å²) in [5.74, 6) is 0.700. The quantitative estimate of drug-likeness (QED) is 0.750. The lowest BCUT2D eigenvalue weighted by Crippen LogP contribution is -2.23. The molecule has 80 valence electrons. The number of nitrogens with zero attached hydrogens (tertiary/aromatic N) is 2. The van der Waals surface area contributed by atoms with Crippen LogP contribution in [0.4, 0.5) is 5.69 Å². The molecule has 0 amide bonds. The highest BCUT2D eigenvalue weighted by Crippen LogP contribution is 2.15. The summed E-state index contributed by atoms with van der Waals surface area (Å²) < 4.78 is 0. The van der Waals surface area contributed by atoms with E-state index in [9.17, 15) is 0 Å². The first-order chi connectivity index (χ1) is 7.17. The van der Waals surface area contributed by atoms with E-state index in [1.165, 1.54) is 12.1 Å². The molecular weight excluding hydrogens is 184 g/mol. The van der Waals surface area contributed by atoms with E-state index in [-0.39, 0.29) is 0 Å². The van der Waals surface area contributed by atoms with Crippen LogP contribution >= 0.6 is 0 Å². The summed E-state index contributed by atoms with van der Waals surface area (Å²) in [6.07, 6.45) is 1.20. The Morgan fingerprint density at radius 3 is 2.40 bits per heavy atom. The molecule has 1 rings (SSSR count). The largest absolute Gasteiger partial charge is 0.374 e. The molecule has 0 saturated carbocycles. The van der Waals surface area contributed by atoms with E-state index in [4.69, 9.17) is 5.26 Å². The van der Waals surface area contributed by atoms with Crippen LogP contribution in [0.3, 0.4) is 0 Å². The maximum absolute atomic E-state index is 8.69. The molecule has 1 atom stereocenters. The van der Waals surface area contributed by atoms with E-state index in [2.05, 4.69) is 31.9 Å². The molecule has 2 heteroatoms. The molecule has 1 aromatic carbocycles. The van der Waals surface area contributed by atoms with Gasteiger partial charge in [-0.25, -0.2) is 0 Å². The summed E-state index contributed by atoms with van der Waals surface area (Å²) in [6, 6.07) is 9.86. The fourth-order valence-electron chi connectivity index (χ4n) is 1.49. The Bertz CT molecular complexity index is 335. The predicted molar refractivity (Wildman–Crippen MR) is 63.9 cm³/mol. The van der Waals surface area contributed by atoms with Gasteiger partial charge in [-0.05, 0) is 30.2 Å². The Hall–Kier alpha value is -1.49. The molecule has 1 aromatic rings. The van der Waals surface area contributed by atoms with Gasteiger partial charge in [0, 0.05) is 19.3 Å². The molecule has 0 N–H and O–H groups in total. The van der Waals surface area contributed by atoms with Crippen molar-refractivity contribution >= 4 is 5.69 Å². The highest BCUT2D eigenvalue weighted by atomic mass is 15.1. The van der Waals surface area contributed by atoms with Gasteiger partial charge < -0.3 is 4.90 Å². The highest BCUT2D eigenvalue weighted by Gasteiger charge is 2.05. The summed E-state index contributed by atoms with van der Waals surface area (Å²) in [5, 5.41) is 8.69. The van der Waals surface area contributed by atoms with Crippen molar-refractivity contribution in [3.05, 3.63) is 29.8 Å². The number of hydrogen-bond donors (Lipinski definition) is 0. The molecule has 0 spiro atoms. The van der Waals surface area contributed by atoms with E-state index in [0.717, 1.165) is 12.1 Å². The fourth-order valence-corrected chi connectivity index (χ4v) is 1.49. The number of nitriles is 1. The molecule has 0 aliphatic carbocycles. The average Bonchev–Trinajstić information content (AvgIpc) is 2.29. The van der Waals surface area contributed by atoms with Crippen molar-refractivity contribution in [2.75, 3.05) is 18.5 Å². The van der Waals surface area contributed by atoms with Crippen molar-refractivity contribution in [2.45, 2.75) is 20.3 Å². The Labute approximate surface area is 92.1 Å². The van der Waals surface area contributed by atoms with Gasteiger partial charge in [0.2, 0.25) is 0 Å². The first-order valence-electron chi connectivity index (χ1n) is 5.38. The molecule has 1 unspecified atom stereocenters. The second kappa shape index (κ2) is 5.41. The van der Waals surface area contributed by atoms with Crippen molar-refractivity contribution in [3.63, 3.8) is 0 Å². The van der Waals surface area contributed by atoms with Gasteiger partial charge in [-0.15, -0.1) is 0 Å². The minimum Gasteiger partial charge on any atom is -0.374 e. The van der Waals surface area contributed by atoms with Crippen molar-refractivity contribution in [2.24, 2.45) is 5.92 Å². The third-order valence-electron chi connectivity index (χ3n) is 2.72. The van der Waals surface area contributed by atoms with Crippen molar-refractivity contribution in [3.8, 4) is 6.07 Å². The minimum atomic E-state index is 0.700. The monoisotopic (exact) mass is 202 g/mol. The van der Waals surface area contributed by atoms with Crippen molar-refractivity contribution in [1.29, 1.82) is 5.26 Å². The number of anilines is 1. The molecule has 0 saturated heterocycles. The minimum absolute atomic E-state index is 0.700. The Balaban J connectivity index is 2.66. The van der Waals surface area contributed by atoms with Gasteiger partial charge in [0.15, 0.2) is 0 Å². The number of benzene rings is 1. The molecular formula is C13H18N2. The maximum Gasteiger partial charge on any atom is 0.0991 e. The van der Waals surface area contributed by atoms with Crippen LogP contribution in [0.15, 0.2) is 24.3 Å². The number of rotatable bonds is 4. The summed E-state index contributed by atoms with van der Waals surface area (Å²) >= 11 is 0. The van der Waals surface area contributed by atoms with Crippen LogP contribution in [0.5, 0.6) is 0 Å². The van der Waals surface area contributed by atoms with Gasteiger partial charge >= 0.3 is 0 Å². The van der Waals surface area contributed by atoms with Gasteiger partial charge in [-0.2, -0.15) is 5.26 Å². The zero-order valence-electron chi connectivity index (χ0n) is 9.70. The average molecular weight is 202 g/mol. The van der Waals surface area contributed by atoms with E-state index >= 15 is 0 Å². The fraction of sp³-hybridized carbons (Fsp3) is 0.462. The third-order valence-corrected chi connectivity index (χ3v) is 2.72. The predicted octanol–water partition coefficient (Wildman–Crippen LogP) is 3.04. The standard InChI is InChI=1S/C13H18N2/c1-4-11(2)10-15(3)13-7-5-12(9-14)6-8-13/h5-8,11H,4,10H2,1-3H3. The molecule has 2 nitrogen and oxygen atoms in total. The van der Waals surface area contributed by atoms with Crippen LogP contribution in [-0.2, 0) is 0 Å². The Kier molecular flexibility index (Phi) is 4.17. The van der Waals surface area contributed by atoms with E-state index in [1.807, 2.05) is 24.3 Å². The molecule has 0 fully saturated rings. The van der Waals surface area contributed by atoms with Crippen LogP contribution < -0.4 is 4.90 Å². The SMILES string of the molecule is CCC(C)CN(C)c1ccc(C#N)cc1. The van der Waals surface area contributed by atoms with Gasteiger partial charge in [-0.1, -0.05) is 20.3 Å². The summed E-state index contributed by atoms with van der Waals surface area (Å²) in [6.45, 7) is 5.51. The summed E-state index contributed by atoms with van der Waals surface area (Å²) in [7, 11) is 2.09. The highest BCUT2D eigenvalue weighted by molar-refractivity contribution is 5.48. The Morgan fingerprint density at radius 2 is 1.93 bits per heavy atom. The van der Waals surface area contributed by atoms with Gasteiger partial charge in [-0.3, -0.25) is 0 Å². The second-order valence-corrected chi connectivity index (χ2v) is 4.05. The van der Waals surface area contributed by atoms with Gasteiger partial charge in [0.1, 0.15) is 0 Å². The van der Waals surface area contributed by atoms with Crippen LogP contribution in [0.25, 0.3) is 0 Å². The first kappa shape index (κ1) is 11.6. The molecule has 15 heavy (non-hydrogen) atoms. The van der Waals surface area contributed by atoms with Crippen LogP contribution in [0.1, 0.15) is 25.8 Å². The molecule has 0 aliphatic heterocycles. The van der Waals surface area contributed by atoms with Gasteiger partial charge in [0.05, 0.1) is 11.6 Å². The zero-order valence-corrected chi connectivity index (χ0v) is 9.70. The normalized spacial score (nSPS) is 11.9. The lowest BCUT2D eigenvalue weighted by atomic mass is 10.1.